The van der Waals surface area contributed by atoms with E-state index in [1.54, 1.807) is 0 Å². The van der Waals surface area contributed by atoms with Gasteiger partial charge in [-0.3, -0.25) is 0 Å². The molecule has 5 heteroatoms. The van der Waals surface area contributed by atoms with Crippen molar-refractivity contribution in [1.82, 2.24) is 0 Å². The quantitative estimate of drug-likeness (QED) is 0.610. The molecule has 0 N–H and O–H groups in total. The van der Waals surface area contributed by atoms with Gasteiger partial charge in [0.25, 0.3) is 0 Å². The summed E-state index contributed by atoms with van der Waals surface area (Å²) in [7, 11) is 0. The van der Waals surface area contributed by atoms with Gasteiger partial charge in [-0.1, -0.05) is 31.9 Å². The van der Waals surface area contributed by atoms with E-state index in [4.69, 9.17) is 9.47 Å². The van der Waals surface area contributed by atoms with Gasteiger partial charge in [0.2, 0.25) is 0 Å². The van der Waals surface area contributed by atoms with Crippen molar-refractivity contribution >= 4 is 43.6 Å². The lowest BCUT2D eigenvalue weighted by Crippen LogP contribution is -2.46. The van der Waals surface area contributed by atoms with Gasteiger partial charge in [-0.25, -0.2) is 0 Å². The summed E-state index contributed by atoms with van der Waals surface area (Å²) in [5.74, 6) is 3.44. The zero-order valence-electron chi connectivity index (χ0n) is 11.9. The first-order chi connectivity index (χ1) is 10.2. The van der Waals surface area contributed by atoms with E-state index in [1.165, 1.54) is 29.9 Å². The van der Waals surface area contributed by atoms with Crippen molar-refractivity contribution in [2.24, 2.45) is 0 Å². The molecule has 1 aromatic carbocycles. The number of alkyl halides is 1. The molecule has 2 aliphatic heterocycles. The molecule has 2 saturated heterocycles. The Morgan fingerprint density at radius 3 is 2.90 bits per heavy atom. The van der Waals surface area contributed by atoms with Gasteiger partial charge in [-0.05, 0) is 42.5 Å². The van der Waals surface area contributed by atoms with E-state index < -0.39 is 0 Å². The van der Waals surface area contributed by atoms with Crippen molar-refractivity contribution in [2.45, 2.75) is 42.7 Å². The van der Waals surface area contributed by atoms with Gasteiger partial charge in [0.1, 0.15) is 11.9 Å². The third kappa shape index (κ3) is 3.98. The molecule has 2 nitrogen and oxygen atoms in total. The number of rotatable bonds is 3. The van der Waals surface area contributed by atoms with Crippen LogP contribution >= 0.6 is 43.6 Å². The molecular formula is C16H20Br2O2S. The van der Waals surface area contributed by atoms with E-state index >= 15 is 0 Å². The highest BCUT2D eigenvalue weighted by Gasteiger charge is 2.39. The molecule has 0 radical (unpaired) electrons. The van der Waals surface area contributed by atoms with Crippen molar-refractivity contribution < 1.29 is 9.47 Å². The lowest BCUT2D eigenvalue weighted by atomic mass is 9.86. The van der Waals surface area contributed by atoms with Crippen LogP contribution in [-0.2, 0) is 10.1 Å². The molecular weight excluding hydrogens is 416 g/mol. The number of hydrogen-bond donors (Lipinski definition) is 0. The second-order valence-corrected chi connectivity index (χ2v) is 8.46. The van der Waals surface area contributed by atoms with Crippen molar-refractivity contribution in [3.63, 3.8) is 0 Å². The fourth-order valence-corrected chi connectivity index (χ4v) is 5.21. The van der Waals surface area contributed by atoms with Crippen molar-refractivity contribution in [3.05, 3.63) is 28.2 Å². The number of halogens is 2. The largest absolute Gasteiger partial charge is 0.490 e. The highest BCUT2D eigenvalue weighted by Crippen LogP contribution is 2.39. The van der Waals surface area contributed by atoms with Crippen molar-refractivity contribution in [3.8, 4) is 5.75 Å². The minimum absolute atomic E-state index is 0.0814. The molecule has 0 bridgehead atoms. The van der Waals surface area contributed by atoms with E-state index in [-0.39, 0.29) is 11.7 Å². The van der Waals surface area contributed by atoms with Crippen LogP contribution in [0.2, 0.25) is 0 Å². The predicted octanol–water partition coefficient (Wildman–Crippen LogP) is 5.17. The average molecular weight is 436 g/mol. The molecule has 2 aliphatic rings. The van der Waals surface area contributed by atoms with Gasteiger partial charge in [0.05, 0.1) is 12.2 Å². The molecule has 1 atom stereocenters. The molecule has 0 aromatic heterocycles. The molecule has 1 unspecified atom stereocenters. The summed E-state index contributed by atoms with van der Waals surface area (Å²) in [6.45, 7) is 0.829. The van der Waals surface area contributed by atoms with E-state index in [2.05, 4.69) is 44.0 Å². The molecule has 0 aliphatic carbocycles. The Hall–Kier alpha value is 0.290. The minimum atomic E-state index is 0.0814. The van der Waals surface area contributed by atoms with Gasteiger partial charge in [0.15, 0.2) is 0 Å². The number of ether oxygens (including phenoxy) is 2. The van der Waals surface area contributed by atoms with Crippen LogP contribution < -0.4 is 4.74 Å². The molecule has 21 heavy (non-hydrogen) atoms. The normalized spacial score (nSPS) is 25.0. The van der Waals surface area contributed by atoms with Crippen LogP contribution in [0, 0.1) is 0 Å². The van der Waals surface area contributed by atoms with Crippen LogP contribution in [0.5, 0.6) is 5.75 Å². The first-order valence-corrected chi connectivity index (χ1v) is 10.5. The second kappa shape index (κ2) is 7.24. The minimum Gasteiger partial charge on any atom is -0.490 e. The van der Waals surface area contributed by atoms with Crippen LogP contribution in [0.15, 0.2) is 22.7 Å². The zero-order chi connectivity index (χ0) is 14.7. The highest BCUT2D eigenvalue weighted by atomic mass is 79.9. The van der Waals surface area contributed by atoms with Crippen LogP contribution in [0.3, 0.4) is 0 Å². The third-order valence-electron chi connectivity index (χ3n) is 4.31. The Balaban J connectivity index is 1.70. The Labute approximate surface area is 147 Å². The Kier molecular flexibility index (Phi) is 5.57. The Morgan fingerprint density at radius 1 is 1.33 bits per heavy atom. The number of hydrogen-bond acceptors (Lipinski definition) is 3. The highest BCUT2D eigenvalue weighted by molar-refractivity contribution is 9.10. The first-order valence-electron chi connectivity index (χ1n) is 7.43. The van der Waals surface area contributed by atoms with Crippen molar-refractivity contribution in [2.75, 3.05) is 18.1 Å². The van der Waals surface area contributed by atoms with Gasteiger partial charge in [-0.2, -0.15) is 11.8 Å². The Morgan fingerprint density at radius 2 is 2.14 bits per heavy atom. The summed E-state index contributed by atoms with van der Waals surface area (Å²) in [5.41, 5.74) is 1.28. The molecule has 1 aromatic rings. The van der Waals surface area contributed by atoms with Gasteiger partial charge < -0.3 is 9.47 Å². The van der Waals surface area contributed by atoms with Crippen LogP contribution in [0.4, 0.5) is 0 Å². The number of thioether (sulfide) groups is 1. The van der Waals surface area contributed by atoms with E-state index in [1.807, 2.05) is 17.8 Å². The zero-order valence-corrected chi connectivity index (χ0v) is 15.9. The molecule has 0 saturated carbocycles. The first kappa shape index (κ1) is 16.2. The smallest absolute Gasteiger partial charge is 0.123 e. The summed E-state index contributed by atoms with van der Waals surface area (Å²) in [5, 5.41) is 0.812. The maximum absolute atomic E-state index is 6.32. The molecule has 1 spiro atoms. The maximum atomic E-state index is 6.32. The van der Waals surface area contributed by atoms with Gasteiger partial charge in [0, 0.05) is 28.2 Å². The summed E-state index contributed by atoms with van der Waals surface area (Å²) in [4.78, 5) is 0. The summed E-state index contributed by atoms with van der Waals surface area (Å²) >= 11 is 9.11. The van der Waals surface area contributed by atoms with Crippen LogP contribution in [-0.4, -0.2) is 29.8 Å². The number of benzene rings is 1. The van der Waals surface area contributed by atoms with E-state index in [0.29, 0.717) is 0 Å². The maximum Gasteiger partial charge on any atom is 0.123 e. The summed E-state index contributed by atoms with van der Waals surface area (Å²) in [6.07, 6.45) is 4.64. The van der Waals surface area contributed by atoms with Crippen LogP contribution in [0.25, 0.3) is 0 Å². The fourth-order valence-electron chi connectivity index (χ4n) is 3.12. The molecule has 2 heterocycles. The summed E-state index contributed by atoms with van der Waals surface area (Å²) < 4.78 is 13.6. The molecule has 0 amide bonds. The molecule has 3 rings (SSSR count). The lowest BCUT2D eigenvalue weighted by Gasteiger charge is -2.43. The van der Waals surface area contributed by atoms with Crippen LogP contribution in [0.1, 0.15) is 31.2 Å². The topological polar surface area (TPSA) is 18.5 Å². The molecule has 116 valence electrons. The van der Waals surface area contributed by atoms with Gasteiger partial charge >= 0.3 is 0 Å². The standard InChI is InChI=1S/C16H20Br2O2S/c17-11-12-9-13(18)1-2-15(12)20-14-3-6-19-16(10-14)4-7-21-8-5-16/h1-2,9,14H,3-8,10-11H2. The lowest BCUT2D eigenvalue weighted by molar-refractivity contribution is -0.116. The Bertz CT molecular complexity index is 484. The monoisotopic (exact) mass is 434 g/mol. The molecule has 2 fully saturated rings. The second-order valence-electron chi connectivity index (χ2n) is 5.76. The van der Waals surface area contributed by atoms with Crippen molar-refractivity contribution in [1.29, 1.82) is 0 Å². The SMILES string of the molecule is BrCc1cc(Br)ccc1OC1CCOC2(CCSCC2)C1. The predicted molar refractivity (Wildman–Crippen MR) is 95.7 cm³/mol. The van der Waals surface area contributed by atoms with Gasteiger partial charge in [-0.15, -0.1) is 0 Å². The average Bonchev–Trinajstić information content (AvgIpc) is 2.50. The third-order valence-corrected chi connectivity index (χ3v) is 6.39. The summed E-state index contributed by atoms with van der Waals surface area (Å²) in [6, 6.07) is 6.24. The fraction of sp³-hybridized carbons (Fsp3) is 0.625. The van der Waals surface area contributed by atoms with E-state index in [9.17, 15) is 0 Å². The van der Waals surface area contributed by atoms with E-state index in [0.717, 1.165) is 35.0 Å².